The number of rotatable bonds is 5. The molecule has 0 saturated heterocycles. The summed E-state index contributed by atoms with van der Waals surface area (Å²) in [6, 6.07) is 8.14. The largest absolute Gasteiger partial charge is 0.490 e. The first-order valence-electron chi connectivity index (χ1n) is 7.11. The Morgan fingerprint density at radius 2 is 2.20 bits per heavy atom. The van der Waals surface area contributed by atoms with E-state index in [0.29, 0.717) is 12.1 Å². The molecule has 0 radical (unpaired) electrons. The van der Waals surface area contributed by atoms with Gasteiger partial charge in [-0.25, -0.2) is 9.97 Å². The van der Waals surface area contributed by atoms with Crippen LogP contribution < -0.4 is 10.1 Å². The van der Waals surface area contributed by atoms with Crippen molar-refractivity contribution in [2.45, 2.75) is 32.8 Å². The monoisotopic (exact) mass is 269 g/mol. The van der Waals surface area contributed by atoms with Crippen LogP contribution in [0, 0.1) is 6.92 Å². The summed E-state index contributed by atoms with van der Waals surface area (Å²) in [7, 11) is 0. The van der Waals surface area contributed by atoms with Crippen molar-refractivity contribution in [1.29, 1.82) is 0 Å². The summed E-state index contributed by atoms with van der Waals surface area (Å²) in [5.41, 5.74) is 3.09. The van der Waals surface area contributed by atoms with Gasteiger partial charge in [0.2, 0.25) is 5.95 Å². The Morgan fingerprint density at radius 1 is 1.35 bits per heavy atom. The maximum Gasteiger partial charge on any atom is 0.223 e. The molecule has 1 aliphatic rings. The number of hydrogen-bond acceptors (Lipinski definition) is 4. The molecule has 20 heavy (non-hydrogen) atoms. The lowest BCUT2D eigenvalue weighted by atomic mass is 10.1. The van der Waals surface area contributed by atoms with Gasteiger partial charge in [0.1, 0.15) is 5.75 Å². The standard InChI is InChI=1S/C16H19N3O/c1-3-17-16-18-10-11(2)15(19-16)12-5-4-6-14(9-12)20-13-7-8-13/h4-6,9-10,13H,3,7-8H2,1-2H3,(H,17,18,19). The predicted octanol–water partition coefficient (Wildman–Crippen LogP) is 3.43. The summed E-state index contributed by atoms with van der Waals surface area (Å²) >= 11 is 0. The number of benzene rings is 1. The van der Waals surface area contributed by atoms with Crippen molar-refractivity contribution in [2.75, 3.05) is 11.9 Å². The molecule has 2 aromatic rings. The normalized spacial score (nSPS) is 14.1. The third kappa shape index (κ3) is 2.90. The maximum atomic E-state index is 5.85. The maximum absolute atomic E-state index is 5.85. The third-order valence-corrected chi connectivity index (χ3v) is 3.24. The molecular weight excluding hydrogens is 250 g/mol. The number of anilines is 1. The van der Waals surface area contributed by atoms with Crippen LogP contribution in [0.15, 0.2) is 30.5 Å². The summed E-state index contributed by atoms with van der Waals surface area (Å²) in [5.74, 6) is 1.59. The van der Waals surface area contributed by atoms with Crippen LogP contribution in [0.5, 0.6) is 5.75 Å². The number of hydrogen-bond donors (Lipinski definition) is 1. The molecule has 104 valence electrons. The molecule has 1 aromatic carbocycles. The van der Waals surface area contributed by atoms with Crippen LogP contribution in [0.4, 0.5) is 5.95 Å². The van der Waals surface area contributed by atoms with Gasteiger partial charge in [-0.05, 0) is 44.4 Å². The smallest absolute Gasteiger partial charge is 0.223 e. The lowest BCUT2D eigenvalue weighted by Crippen LogP contribution is -2.03. The van der Waals surface area contributed by atoms with Crippen molar-refractivity contribution in [3.8, 4) is 17.0 Å². The van der Waals surface area contributed by atoms with Gasteiger partial charge in [0.05, 0.1) is 11.8 Å². The quantitative estimate of drug-likeness (QED) is 0.903. The van der Waals surface area contributed by atoms with E-state index in [4.69, 9.17) is 4.74 Å². The highest BCUT2D eigenvalue weighted by Gasteiger charge is 2.23. The highest BCUT2D eigenvalue weighted by molar-refractivity contribution is 5.65. The van der Waals surface area contributed by atoms with Gasteiger partial charge in [0.25, 0.3) is 0 Å². The van der Waals surface area contributed by atoms with E-state index >= 15 is 0 Å². The Hall–Kier alpha value is -2.10. The zero-order valence-corrected chi connectivity index (χ0v) is 11.9. The van der Waals surface area contributed by atoms with E-state index in [0.717, 1.165) is 29.1 Å². The molecular formula is C16H19N3O. The summed E-state index contributed by atoms with van der Waals surface area (Å²) in [4.78, 5) is 8.87. The number of nitrogens with one attached hydrogen (secondary N) is 1. The topological polar surface area (TPSA) is 47.0 Å². The second kappa shape index (κ2) is 5.49. The second-order valence-electron chi connectivity index (χ2n) is 5.10. The molecule has 1 aliphatic carbocycles. The van der Waals surface area contributed by atoms with E-state index in [9.17, 15) is 0 Å². The first-order valence-corrected chi connectivity index (χ1v) is 7.11. The lowest BCUT2D eigenvalue weighted by Gasteiger charge is -2.10. The van der Waals surface area contributed by atoms with Gasteiger partial charge in [0.15, 0.2) is 0 Å². The molecule has 0 unspecified atom stereocenters. The first-order chi connectivity index (χ1) is 9.76. The fourth-order valence-electron chi connectivity index (χ4n) is 2.07. The molecule has 0 atom stereocenters. The van der Waals surface area contributed by atoms with Crippen molar-refractivity contribution < 1.29 is 4.74 Å². The number of nitrogens with zero attached hydrogens (tertiary/aromatic N) is 2. The van der Waals surface area contributed by atoms with Crippen LogP contribution in [0.25, 0.3) is 11.3 Å². The molecule has 4 nitrogen and oxygen atoms in total. The summed E-state index contributed by atoms with van der Waals surface area (Å²) in [6.45, 7) is 4.87. The fourth-order valence-corrected chi connectivity index (χ4v) is 2.07. The van der Waals surface area contributed by atoms with Gasteiger partial charge in [-0.1, -0.05) is 12.1 Å². The van der Waals surface area contributed by atoms with E-state index in [1.54, 1.807) is 0 Å². The molecule has 1 fully saturated rings. The minimum Gasteiger partial charge on any atom is -0.490 e. The van der Waals surface area contributed by atoms with Gasteiger partial charge in [-0.15, -0.1) is 0 Å². The van der Waals surface area contributed by atoms with Gasteiger partial charge in [-0.2, -0.15) is 0 Å². The van der Waals surface area contributed by atoms with E-state index in [-0.39, 0.29) is 0 Å². The molecule has 3 rings (SSSR count). The molecule has 4 heteroatoms. The summed E-state index contributed by atoms with van der Waals surface area (Å²) < 4.78 is 5.85. The van der Waals surface area contributed by atoms with Crippen LogP contribution in [-0.2, 0) is 0 Å². The number of aryl methyl sites for hydroxylation is 1. The first kappa shape index (κ1) is 12.9. The van der Waals surface area contributed by atoms with E-state index in [1.165, 1.54) is 12.8 Å². The van der Waals surface area contributed by atoms with E-state index < -0.39 is 0 Å². The Balaban J connectivity index is 1.92. The molecule has 0 spiro atoms. The molecule has 0 aliphatic heterocycles. The summed E-state index contributed by atoms with van der Waals surface area (Å²) in [6.07, 6.45) is 4.60. The van der Waals surface area contributed by atoms with Crippen LogP contribution >= 0.6 is 0 Å². The van der Waals surface area contributed by atoms with Crippen LogP contribution in [0.1, 0.15) is 25.3 Å². The Bertz CT molecular complexity index is 608. The van der Waals surface area contributed by atoms with Gasteiger partial charge >= 0.3 is 0 Å². The van der Waals surface area contributed by atoms with Crippen LogP contribution in [0.3, 0.4) is 0 Å². The third-order valence-electron chi connectivity index (χ3n) is 3.24. The Kier molecular flexibility index (Phi) is 3.54. The van der Waals surface area contributed by atoms with Gasteiger partial charge in [-0.3, -0.25) is 0 Å². The molecule has 1 saturated carbocycles. The Labute approximate surface area is 119 Å². The summed E-state index contributed by atoms with van der Waals surface area (Å²) in [5, 5.41) is 3.15. The highest BCUT2D eigenvalue weighted by Crippen LogP contribution is 2.30. The zero-order valence-electron chi connectivity index (χ0n) is 11.9. The lowest BCUT2D eigenvalue weighted by molar-refractivity contribution is 0.303. The average Bonchev–Trinajstić information content (AvgIpc) is 3.25. The number of ether oxygens (including phenoxy) is 1. The van der Waals surface area contributed by atoms with E-state index in [1.807, 2.05) is 32.2 Å². The predicted molar refractivity (Wildman–Crippen MR) is 80.0 cm³/mol. The van der Waals surface area contributed by atoms with Gasteiger partial charge in [0, 0.05) is 18.3 Å². The average molecular weight is 269 g/mol. The Morgan fingerprint density at radius 3 is 2.95 bits per heavy atom. The SMILES string of the molecule is CCNc1ncc(C)c(-c2cccc(OC3CC3)c2)n1. The molecule has 1 aromatic heterocycles. The molecule has 0 amide bonds. The minimum atomic E-state index is 0.411. The highest BCUT2D eigenvalue weighted by atomic mass is 16.5. The van der Waals surface area contributed by atoms with Crippen molar-refractivity contribution >= 4 is 5.95 Å². The number of aromatic nitrogens is 2. The molecule has 1 heterocycles. The minimum absolute atomic E-state index is 0.411. The van der Waals surface area contributed by atoms with E-state index in [2.05, 4.69) is 27.4 Å². The van der Waals surface area contributed by atoms with Gasteiger partial charge < -0.3 is 10.1 Å². The van der Waals surface area contributed by atoms with Crippen molar-refractivity contribution in [1.82, 2.24) is 9.97 Å². The van der Waals surface area contributed by atoms with Crippen LogP contribution in [0.2, 0.25) is 0 Å². The van der Waals surface area contributed by atoms with Crippen molar-refractivity contribution in [2.24, 2.45) is 0 Å². The molecule has 1 N–H and O–H groups in total. The fraction of sp³-hybridized carbons (Fsp3) is 0.375. The van der Waals surface area contributed by atoms with Crippen LogP contribution in [-0.4, -0.2) is 22.6 Å². The zero-order chi connectivity index (χ0) is 13.9. The second-order valence-corrected chi connectivity index (χ2v) is 5.10. The molecule has 0 bridgehead atoms. The van der Waals surface area contributed by atoms with Crippen molar-refractivity contribution in [3.05, 3.63) is 36.0 Å². The van der Waals surface area contributed by atoms with Crippen molar-refractivity contribution in [3.63, 3.8) is 0 Å².